The molecule has 1 heterocycles. The van der Waals surface area contributed by atoms with Crippen LogP contribution in [0.3, 0.4) is 0 Å². The SMILES string of the molecule is CCc1nn(CC)c(CNCCS(=O)CC)c1Br. The fourth-order valence-electron chi connectivity index (χ4n) is 1.72. The van der Waals surface area contributed by atoms with Crippen molar-refractivity contribution in [2.45, 2.75) is 40.3 Å². The molecule has 0 saturated heterocycles. The van der Waals surface area contributed by atoms with Crippen LogP contribution in [0.5, 0.6) is 0 Å². The lowest BCUT2D eigenvalue weighted by atomic mass is 10.3. The highest BCUT2D eigenvalue weighted by Crippen LogP contribution is 2.22. The summed E-state index contributed by atoms with van der Waals surface area (Å²) >= 11 is 3.61. The quantitative estimate of drug-likeness (QED) is 0.740. The molecule has 0 spiro atoms. The third-order valence-electron chi connectivity index (χ3n) is 2.82. The summed E-state index contributed by atoms with van der Waals surface area (Å²) in [6.07, 6.45) is 0.931. The lowest BCUT2D eigenvalue weighted by molar-refractivity contribution is 0.584. The van der Waals surface area contributed by atoms with Crippen molar-refractivity contribution in [2.75, 3.05) is 18.1 Å². The summed E-state index contributed by atoms with van der Waals surface area (Å²) in [5, 5.41) is 7.88. The van der Waals surface area contributed by atoms with Crippen LogP contribution < -0.4 is 5.32 Å². The summed E-state index contributed by atoms with van der Waals surface area (Å²) in [6.45, 7) is 8.57. The molecule has 1 rings (SSSR count). The monoisotopic (exact) mass is 335 g/mol. The van der Waals surface area contributed by atoms with Crippen LogP contribution in [-0.2, 0) is 30.3 Å². The number of hydrogen-bond acceptors (Lipinski definition) is 3. The predicted octanol–water partition coefficient (Wildman–Crippen LogP) is 2.09. The first-order valence-corrected chi connectivity index (χ1v) is 8.71. The van der Waals surface area contributed by atoms with Crippen molar-refractivity contribution < 1.29 is 4.21 Å². The number of hydrogen-bond donors (Lipinski definition) is 1. The maximum atomic E-state index is 11.3. The summed E-state index contributed by atoms with van der Waals surface area (Å²) in [6, 6.07) is 0. The van der Waals surface area contributed by atoms with Crippen LogP contribution in [0.1, 0.15) is 32.2 Å². The van der Waals surface area contributed by atoms with Gasteiger partial charge in [0.1, 0.15) is 0 Å². The van der Waals surface area contributed by atoms with Gasteiger partial charge < -0.3 is 5.32 Å². The minimum Gasteiger partial charge on any atom is -0.310 e. The van der Waals surface area contributed by atoms with Gasteiger partial charge in [0.05, 0.1) is 15.9 Å². The van der Waals surface area contributed by atoms with Crippen molar-refractivity contribution in [3.8, 4) is 0 Å². The van der Waals surface area contributed by atoms with Crippen LogP contribution in [0, 0.1) is 0 Å². The maximum Gasteiger partial charge on any atom is 0.0767 e. The van der Waals surface area contributed by atoms with Gasteiger partial charge in [0.15, 0.2) is 0 Å². The number of halogens is 1. The molecule has 1 N–H and O–H groups in total. The highest BCUT2D eigenvalue weighted by atomic mass is 79.9. The molecule has 0 aliphatic rings. The Morgan fingerprint density at radius 1 is 1.39 bits per heavy atom. The summed E-state index contributed by atoms with van der Waals surface area (Å²) in [5.41, 5.74) is 2.28. The zero-order valence-corrected chi connectivity index (χ0v) is 13.7. The van der Waals surface area contributed by atoms with E-state index in [1.165, 1.54) is 5.69 Å². The molecular formula is C12H22BrN3OS. The third-order valence-corrected chi connectivity index (χ3v) is 5.03. The normalized spacial score (nSPS) is 12.9. The molecule has 6 heteroatoms. The highest BCUT2D eigenvalue weighted by molar-refractivity contribution is 9.10. The second kappa shape index (κ2) is 8.07. The highest BCUT2D eigenvalue weighted by Gasteiger charge is 2.13. The first-order valence-electron chi connectivity index (χ1n) is 6.43. The van der Waals surface area contributed by atoms with Crippen molar-refractivity contribution in [1.29, 1.82) is 0 Å². The zero-order chi connectivity index (χ0) is 13.5. The van der Waals surface area contributed by atoms with Crippen molar-refractivity contribution in [1.82, 2.24) is 15.1 Å². The standard InChI is InChI=1S/C12H22BrN3OS/c1-4-10-12(13)11(16(5-2)15-10)9-14-7-8-18(17)6-3/h14H,4-9H2,1-3H3. The van der Waals surface area contributed by atoms with Gasteiger partial charge in [-0.3, -0.25) is 8.89 Å². The number of nitrogens with zero attached hydrogens (tertiary/aromatic N) is 2. The van der Waals surface area contributed by atoms with Gasteiger partial charge in [-0.05, 0) is 29.3 Å². The Labute approximate surface area is 120 Å². The zero-order valence-electron chi connectivity index (χ0n) is 11.3. The number of rotatable bonds is 8. The molecule has 1 aromatic rings. The maximum absolute atomic E-state index is 11.3. The average molecular weight is 336 g/mol. The van der Waals surface area contributed by atoms with Gasteiger partial charge in [-0.2, -0.15) is 5.10 Å². The van der Waals surface area contributed by atoms with Crippen molar-refractivity contribution in [3.05, 3.63) is 15.9 Å². The molecule has 0 amide bonds. The summed E-state index contributed by atoms with van der Waals surface area (Å²) in [4.78, 5) is 0. The van der Waals surface area contributed by atoms with Gasteiger partial charge in [-0.15, -0.1) is 0 Å². The average Bonchev–Trinajstić information content (AvgIpc) is 2.70. The van der Waals surface area contributed by atoms with Gasteiger partial charge in [-0.1, -0.05) is 13.8 Å². The molecule has 1 atom stereocenters. The number of nitrogens with one attached hydrogen (secondary N) is 1. The van der Waals surface area contributed by atoms with E-state index in [1.807, 2.05) is 11.6 Å². The largest absolute Gasteiger partial charge is 0.310 e. The van der Waals surface area contributed by atoms with Crippen LogP contribution >= 0.6 is 15.9 Å². The van der Waals surface area contributed by atoms with Gasteiger partial charge in [0, 0.05) is 41.9 Å². The van der Waals surface area contributed by atoms with Crippen LogP contribution in [0.2, 0.25) is 0 Å². The fraction of sp³-hybridized carbons (Fsp3) is 0.750. The molecule has 104 valence electrons. The van der Waals surface area contributed by atoms with E-state index in [9.17, 15) is 4.21 Å². The lowest BCUT2D eigenvalue weighted by Gasteiger charge is -2.07. The predicted molar refractivity (Wildman–Crippen MR) is 80.2 cm³/mol. The fourth-order valence-corrected chi connectivity index (χ4v) is 3.09. The lowest BCUT2D eigenvalue weighted by Crippen LogP contribution is -2.22. The second-order valence-corrected chi connectivity index (χ2v) is 6.64. The Kier molecular flexibility index (Phi) is 7.11. The van der Waals surface area contributed by atoms with Crippen molar-refractivity contribution in [3.63, 3.8) is 0 Å². The summed E-state index contributed by atoms with van der Waals surface area (Å²) < 4.78 is 14.4. The smallest absolute Gasteiger partial charge is 0.0767 e. The van der Waals surface area contributed by atoms with Crippen molar-refractivity contribution >= 4 is 26.7 Å². The molecule has 0 aromatic carbocycles. The van der Waals surface area contributed by atoms with E-state index in [-0.39, 0.29) is 0 Å². The summed E-state index contributed by atoms with van der Waals surface area (Å²) in [7, 11) is -0.690. The molecule has 18 heavy (non-hydrogen) atoms. The van der Waals surface area contributed by atoms with E-state index in [1.54, 1.807) is 0 Å². The van der Waals surface area contributed by atoms with Crippen molar-refractivity contribution in [2.24, 2.45) is 0 Å². The van der Waals surface area contributed by atoms with E-state index >= 15 is 0 Å². The van der Waals surface area contributed by atoms with Crippen LogP contribution in [0.25, 0.3) is 0 Å². The Bertz CT molecular complexity index is 406. The minimum atomic E-state index is -0.690. The molecule has 0 aliphatic carbocycles. The molecule has 0 fully saturated rings. The number of aromatic nitrogens is 2. The Hall–Kier alpha value is -0.200. The molecule has 0 radical (unpaired) electrons. The Morgan fingerprint density at radius 2 is 2.11 bits per heavy atom. The van der Waals surface area contributed by atoms with Crippen LogP contribution in [-0.4, -0.2) is 32.0 Å². The second-order valence-electron chi connectivity index (χ2n) is 3.99. The first kappa shape index (κ1) is 15.9. The third kappa shape index (κ3) is 4.17. The topological polar surface area (TPSA) is 46.9 Å². The van der Waals surface area contributed by atoms with Gasteiger partial charge in [0.2, 0.25) is 0 Å². The molecule has 0 aliphatic heterocycles. The molecule has 0 saturated carbocycles. The van der Waals surface area contributed by atoms with E-state index < -0.39 is 10.8 Å². The van der Waals surface area contributed by atoms with E-state index in [4.69, 9.17) is 0 Å². The Balaban J connectivity index is 2.55. The first-order chi connectivity index (χ1) is 8.63. The molecule has 1 unspecified atom stereocenters. The Morgan fingerprint density at radius 3 is 2.67 bits per heavy atom. The molecule has 0 bridgehead atoms. The van der Waals surface area contributed by atoms with Crippen LogP contribution in [0.4, 0.5) is 0 Å². The minimum absolute atomic E-state index is 0.690. The van der Waals surface area contributed by atoms with Crippen LogP contribution in [0.15, 0.2) is 4.47 Å². The van der Waals surface area contributed by atoms with E-state index in [2.05, 4.69) is 40.2 Å². The van der Waals surface area contributed by atoms with Gasteiger partial charge in [0.25, 0.3) is 0 Å². The molecular weight excluding hydrogens is 314 g/mol. The molecule has 4 nitrogen and oxygen atoms in total. The van der Waals surface area contributed by atoms with Gasteiger partial charge in [-0.25, -0.2) is 0 Å². The molecule has 1 aromatic heterocycles. The number of aryl methyl sites for hydroxylation is 2. The van der Waals surface area contributed by atoms with E-state index in [0.717, 1.165) is 47.7 Å². The summed E-state index contributed by atoms with van der Waals surface area (Å²) in [5.74, 6) is 1.45. The van der Waals surface area contributed by atoms with Gasteiger partial charge >= 0.3 is 0 Å². The van der Waals surface area contributed by atoms with E-state index in [0.29, 0.717) is 0 Å².